The van der Waals surface area contributed by atoms with Crippen molar-refractivity contribution in [2.24, 2.45) is 0 Å². The lowest BCUT2D eigenvalue weighted by atomic mass is 10.0. The van der Waals surface area contributed by atoms with E-state index in [9.17, 15) is 4.79 Å². The Hall–Kier alpha value is -0.810. The number of hydrogen-bond acceptors (Lipinski definition) is 2. The lowest BCUT2D eigenvalue weighted by Gasteiger charge is -2.36. The highest BCUT2D eigenvalue weighted by atomic mass is 79.9. The molecule has 0 spiro atoms. The molecule has 0 bridgehead atoms. The van der Waals surface area contributed by atoms with Crippen molar-refractivity contribution in [1.29, 1.82) is 0 Å². The molecule has 1 aromatic heterocycles. The average molecular weight is 314 g/mol. The first-order valence-corrected chi connectivity index (χ1v) is 7.24. The molecule has 0 atom stereocenters. The van der Waals surface area contributed by atoms with Gasteiger partial charge in [-0.05, 0) is 41.4 Å². The van der Waals surface area contributed by atoms with Crippen LogP contribution in [-0.4, -0.2) is 53.4 Å². The van der Waals surface area contributed by atoms with E-state index in [-0.39, 0.29) is 5.91 Å². The van der Waals surface area contributed by atoms with Gasteiger partial charge in [-0.2, -0.15) is 0 Å². The number of nitrogens with one attached hydrogen (secondary N) is 1. The van der Waals surface area contributed by atoms with E-state index in [1.165, 1.54) is 0 Å². The summed E-state index contributed by atoms with van der Waals surface area (Å²) in [5, 5.41) is 0. The van der Waals surface area contributed by atoms with Gasteiger partial charge in [0.2, 0.25) is 0 Å². The summed E-state index contributed by atoms with van der Waals surface area (Å²) in [6, 6.07) is 2.20. The van der Waals surface area contributed by atoms with Crippen molar-refractivity contribution in [2.75, 3.05) is 26.7 Å². The first-order valence-electron chi connectivity index (χ1n) is 6.45. The van der Waals surface area contributed by atoms with Gasteiger partial charge in [-0.1, -0.05) is 6.92 Å². The molecule has 0 saturated carbocycles. The zero-order valence-electron chi connectivity index (χ0n) is 10.9. The Kier molecular flexibility index (Phi) is 4.45. The van der Waals surface area contributed by atoms with Crippen molar-refractivity contribution in [3.8, 4) is 0 Å². The number of H-pyrrole nitrogens is 1. The Balaban J connectivity index is 1.95. The number of aromatic amines is 1. The zero-order valence-corrected chi connectivity index (χ0v) is 12.5. The second-order valence-electron chi connectivity index (χ2n) is 4.81. The van der Waals surface area contributed by atoms with Gasteiger partial charge >= 0.3 is 0 Å². The highest BCUT2D eigenvalue weighted by molar-refractivity contribution is 9.10. The highest BCUT2D eigenvalue weighted by Gasteiger charge is 2.25. The molecule has 1 aliphatic heterocycles. The summed E-state index contributed by atoms with van der Waals surface area (Å²) in [5.74, 6) is 0.0793. The van der Waals surface area contributed by atoms with Gasteiger partial charge in [0.05, 0.1) is 0 Å². The van der Waals surface area contributed by atoms with Crippen LogP contribution in [0.15, 0.2) is 16.7 Å². The summed E-state index contributed by atoms with van der Waals surface area (Å²) in [5.41, 5.74) is 0.655. The third-order valence-corrected chi connectivity index (χ3v) is 4.21. The normalized spacial score (nSPS) is 17.9. The Morgan fingerprint density at radius 3 is 2.72 bits per heavy atom. The fourth-order valence-electron chi connectivity index (χ4n) is 2.47. The summed E-state index contributed by atoms with van der Waals surface area (Å²) >= 11 is 3.35. The molecule has 2 rings (SSSR count). The molecule has 1 aromatic rings. The van der Waals surface area contributed by atoms with Crippen LogP contribution >= 0.6 is 15.9 Å². The molecule has 18 heavy (non-hydrogen) atoms. The predicted octanol–water partition coefficient (Wildman–Crippen LogP) is 2.33. The van der Waals surface area contributed by atoms with E-state index in [0.717, 1.165) is 36.9 Å². The highest BCUT2D eigenvalue weighted by Crippen LogP contribution is 2.18. The number of amides is 1. The summed E-state index contributed by atoms with van der Waals surface area (Å²) in [6.45, 7) is 5.47. The van der Waals surface area contributed by atoms with Crippen molar-refractivity contribution in [3.63, 3.8) is 0 Å². The third-order valence-electron chi connectivity index (χ3n) is 3.75. The van der Waals surface area contributed by atoms with Gasteiger partial charge in [-0.25, -0.2) is 0 Å². The van der Waals surface area contributed by atoms with Crippen molar-refractivity contribution < 1.29 is 4.79 Å². The number of piperidine rings is 1. The molecule has 0 unspecified atom stereocenters. The second-order valence-corrected chi connectivity index (χ2v) is 5.73. The zero-order chi connectivity index (χ0) is 13.1. The summed E-state index contributed by atoms with van der Waals surface area (Å²) in [6.07, 6.45) is 3.93. The molecule has 2 heterocycles. The van der Waals surface area contributed by atoms with Crippen LogP contribution in [0, 0.1) is 0 Å². The summed E-state index contributed by atoms with van der Waals surface area (Å²) in [7, 11) is 1.91. The van der Waals surface area contributed by atoms with Crippen LogP contribution in [0.2, 0.25) is 0 Å². The van der Waals surface area contributed by atoms with Crippen LogP contribution in [0.5, 0.6) is 0 Å². The second kappa shape index (κ2) is 5.89. The van der Waals surface area contributed by atoms with Crippen LogP contribution in [0.25, 0.3) is 0 Å². The molecule has 5 heteroatoms. The molecule has 1 amide bonds. The Morgan fingerprint density at radius 1 is 1.56 bits per heavy atom. The molecule has 1 aliphatic rings. The number of rotatable bonds is 3. The topological polar surface area (TPSA) is 39.3 Å². The molecule has 0 aliphatic carbocycles. The van der Waals surface area contributed by atoms with E-state index < -0.39 is 0 Å². The fraction of sp³-hybridized carbons (Fsp3) is 0.615. The van der Waals surface area contributed by atoms with Crippen LogP contribution < -0.4 is 0 Å². The standard InChI is InChI=1S/C13H20BrN3O/c1-3-17-6-4-11(5-7-17)16(2)13(18)12-8-10(14)9-15-12/h8-9,11,15H,3-7H2,1-2H3. The van der Waals surface area contributed by atoms with Crippen molar-refractivity contribution in [1.82, 2.24) is 14.8 Å². The molecule has 0 radical (unpaired) electrons. The Bertz CT molecular complexity index is 410. The van der Waals surface area contributed by atoms with E-state index in [4.69, 9.17) is 0 Å². The average Bonchev–Trinajstić information content (AvgIpc) is 2.84. The van der Waals surface area contributed by atoms with Gasteiger partial charge in [-0.15, -0.1) is 0 Å². The van der Waals surface area contributed by atoms with E-state index in [2.05, 4.69) is 32.7 Å². The van der Waals surface area contributed by atoms with Crippen molar-refractivity contribution >= 4 is 21.8 Å². The predicted molar refractivity (Wildman–Crippen MR) is 75.7 cm³/mol. The molecular weight excluding hydrogens is 294 g/mol. The van der Waals surface area contributed by atoms with Gasteiger partial charge in [0.25, 0.3) is 5.91 Å². The van der Waals surface area contributed by atoms with E-state index >= 15 is 0 Å². The number of carbonyl (C=O) groups excluding carboxylic acids is 1. The summed E-state index contributed by atoms with van der Waals surface area (Å²) < 4.78 is 0.917. The van der Waals surface area contributed by atoms with Crippen LogP contribution in [-0.2, 0) is 0 Å². The first kappa shape index (κ1) is 13.6. The number of carbonyl (C=O) groups is 1. The number of nitrogens with zero attached hydrogens (tertiary/aromatic N) is 2. The Labute approximate surface area is 116 Å². The van der Waals surface area contributed by atoms with Crippen LogP contribution in [0.4, 0.5) is 0 Å². The lowest BCUT2D eigenvalue weighted by Crippen LogP contribution is -2.45. The smallest absolute Gasteiger partial charge is 0.270 e. The molecule has 1 saturated heterocycles. The van der Waals surface area contributed by atoms with Crippen LogP contribution in [0.1, 0.15) is 30.3 Å². The monoisotopic (exact) mass is 313 g/mol. The minimum Gasteiger partial charge on any atom is -0.356 e. The molecule has 0 aromatic carbocycles. The van der Waals surface area contributed by atoms with E-state index in [1.807, 2.05) is 18.0 Å². The van der Waals surface area contributed by atoms with Gasteiger partial charge in [-0.3, -0.25) is 4.79 Å². The first-order chi connectivity index (χ1) is 8.61. The maximum Gasteiger partial charge on any atom is 0.270 e. The molecular formula is C13H20BrN3O. The van der Waals surface area contributed by atoms with E-state index in [1.54, 1.807) is 6.20 Å². The number of likely N-dealkylation sites (tertiary alicyclic amines) is 1. The lowest BCUT2D eigenvalue weighted by molar-refractivity contribution is 0.0642. The van der Waals surface area contributed by atoms with Gasteiger partial charge < -0.3 is 14.8 Å². The molecule has 100 valence electrons. The maximum atomic E-state index is 12.3. The maximum absolute atomic E-state index is 12.3. The SMILES string of the molecule is CCN1CCC(N(C)C(=O)c2cc(Br)c[nH]2)CC1. The van der Waals surface area contributed by atoms with Crippen LogP contribution in [0.3, 0.4) is 0 Å². The van der Waals surface area contributed by atoms with E-state index in [0.29, 0.717) is 11.7 Å². The largest absolute Gasteiger partial charge is 0.356 e. The van der Waals surface area contributed by atoms with Crippen molar-refractivity contribution in [2.45, 2.75) is 25.8 Å². The number of hydrogen-bond donors (Lipinski definition) is 1. The third kappa shape index (κ3) is 2.95. The summed E-state index contributed by atoms with van der Waals surface area (Å²) in [4.78, 5) is 19.6. The number of aromatic nitrogens is 1. The minimum atomic E-state index is 0.0793. The van der Waals surface area contributed by atoms with Gasteiger partial charge in [0.1, 0.15) is 5.69 Å². The van der Waals surface area contributed by atoms with Gasteiger partial charge in [0, 0.05) is 36.8 Å². The molecule has 4 nitrogen and oxygen atoms in total. The Morgan fingerprint density at radius 2 is 2.22 bits per heavy atom. The van der Waals surface area contributed by atoms with Crippen molar-refractivity contribution in [3.05, 3.63) is 22.4 Å². The fourth-order valence-corrected chi connectivity index (χ4v) is 2.81. The molecule has 1 fully saturated rings. The van der Waals surface area contributed by atoms with Gasteiger partial charge in [0.15, 0.2) is 0 Å². The quantitative estimate of drug-likeness (QED) is 0.930. The molecule has 1 N–H and O–H groups in total. The number of halogens is 1. The minimum absolute atomic E-state index is 0.0793.